The van der Waals surface area contributed by atoms with Gasteiger partial charge in [0, 0.05) is 0 Å². The number of carbonyl (C=O) groups is 2. The molecule has 0 aliphatic carbocycles. The Hall–Kier alpha value is -3.62. The highest BCUT2D eigenvalue weighted by atomic mass is 35.5. The zero-order chi connectivity index (χ0) is 26.1. The van der Waals surface area contributed by atoms with Crippen molar-refractivity contribution in [2.75, 3.05) is 26.6 Å². The number of methoxy groups -OCH3 is 3. The fraction of sp³-hybridized carbons (Fsp3) is 0.231. The van der Waals surface area contributed by atoms with Crippen molar-refractivity contribution in [3.05, 3.63) is 81.8 Å². The molecule has 1 unspecified atom stereocenters. The van der Waals surface area contributed by atoms with Gasteiger partial charge >= 0.3 is 11.9 Å². The highest BCUT2D eigenvalue weighted by Crippen LogP contribution is 2.38. The topological polar surface area (TPSA) is 92.3 Å². The van der Waals surface area contributed by atoms with Crippen LogP contribution in [0, 0.1) is 0 Å². The van der Waals surface area contributed by atoms with Crippen LogP contribution in [-0.4, -0.2) is 39.5 Å². The van der Waals surface area contributed by atoms with Gasteiger partial charge in [-0.15, -0.1) is 0 Å². The van der Waals surface area contributed by atoms with Gasteiger partial charge in [0.05, 0.1) is 43.5 Å². The van der Waals surface area contributed by atoms with Crippen LogP contribution < -0.4 is 19.5 Å². The van der Waals surface area contributed by atoms with Crippen molar-refractivity contribution in [3.8, 4) is 17.2 Å². The summed E-state index contributed by atoms with van der Waals surface area (Å²) in [6.45, 7) is -0.166. The molecule has 0 aliphatic heterocycles. The number of hydrogen-bond donors (Lipinski definition) is 1. The second kappa shape index (κ2) is 12.9. The molecule has 1 N–H and O–H groups in total. The number of nitrogens with one attached hydrogen (secondary N) is 1. The van der Waals surface area contributed by atoms with E-state index >= 15 is 0 Å². The van der Waals surface area contributed by atoms with E-state index in [1.165, 1.54) is 21.3 Å². The van der Waals surface area contributed by atoms with Crippen molar-refractivity contribution in [3.63, 3.8) is 0 Å². The van der Waals surface area contributed by atoms with Gasteiger partial charge in [-0.2, -0.15) is 0 Å². The summed E-state index contributed by atoms with van der Waals surface area (Å²) in [5.41, 5.74) is 1.51. The first-order chi connectivity index (χ1) is 17.4. The summed E-state index contributed by atoms with van der Waals surface area (Å²) in [5, 5.41) is 3.26. The fourth-order valence-electron chi connectivity index (χ4n) is 3.29. The summed E-state index contributed by atoms with van der Waals surface area (Å²) in [6, 6.07) is 17.1. The van der Waals surface area contributed by atoms with Crippen LogP contribution in [0.4, 0.5) is 5.69 Å². The summed E-state index contributed by atoms with van der Waals surface area (Å²) in [4.78, 5) is 25.6. The molecule has 36 heavy (non-hydrogen) atoms. The Labute approximate surface area is 219 Å². The van der Waals surface area contributed by atoms with Gasteiger partial charge in [-0.25, -0.2) is 4.79 Å². The van der Waals surface area contributed by atoms with E-state index < -0.39 is 18.2 Å². The Morgan fingerprint density at radius 3 is 2.00 bits per heavy atom. The number of hydrogen-bond acceptors (Lipinski definition) is 8. The van der Waals surface area contributed by atoms with Crippen LogP contribution in [0.3, 0.4) is 0 Å². The maximum atomic E-state index is 13.0. The van der Waals surface area contributed by atoms with E-state index in [-0.39, 0.29) is 28.8 Å². The van der Waals surface area contributed by atoms with Gasteiger partial charge in [0.25, 0.3) is 6.23 Å². The molecule has 10 heteroatoms. The maximum Gasteiger partial charge on any atom is 0.369 e. The molecule has 0 bridgehead atoms. The van der Waals surface area contributed by atoms with E-state index in [4.69, 9.17) is 46.9 Å². The molecule has 0 aliphatic rings. The number of halogens is 2. The molecule has 3 rings (SSSR count). The number of benzene rings is 3. The summed E-state index contributed by atoms with van der Waals surface area (Å²) < 4.78 is 26.9. The number of anilines is 1. The molecule has 3 aromatic carbocycles. The first-order valence-electron chi connectivity index (χ1n) is 10.8. The molecule has 0 aromatic heterocycles. The number of esters is 2. The van der Waals surface area contributed by atoms with Crippen LogP contribution in [0.2, 0.25) is 10.0 Å². The van der Waals surface area contributed by atoms with Crippen LogP contribution in [0.5, 0.6) is 17.2 Å². The van der Waals surface area contributed by atoms with Crippen LogP contribution in [-0.2, 0) is 32.1 Å². The second-order valence-electron chi connectivity index (χ2n) is 7.41. The highest BCUT2D eigenvalue weighted by Gasteiger charge is 2.27. The summed E-state index contributed by atoms with van der Waals surface area (Å²) in [6.07, 6.45) is -1.56. The normalized spacial score (nSPS) is 11.2. The molecule has 0 heterocycles. The minimum Gasteiger partial charge on any atom is -0.493 e. The second-order valence-corrected chi connectivity index (χ2v) is 8.23. The van der Waals surface area contributed by atoms with Crippen LogP contribution >= 0.6 is 23.2 Å². The molecule has 0 amide bonds. The third kappa shape index (κ3) is 6.96. The minimum atomic E-state index is -1.51. The van der Waals surface area contributed by atoms with E-state index in [1.54, 1.807) is 54.6 Å². The fourth-order valence-corrected chi connectivity index (χ4v) is 3.79. The van der Waals surface area contributed by atoms with Crippen molar-refractivity contribution in [2.24, 2.45) is 0 Å². The molecular weight excluding hydrogens is 509 g/mol. The van der Waals surface area contributed by atoms with E-state index in [0.29, 0.717) is 22.8 Å². The molecule has 190 valence electrons. The molecule has 1 atom stereocenters. The van der Waals surface area contributed by atoms with Crippen molar-refractivity contribution >= 4 is 40.8 Å². The van der Waals surface area contributed by atoms with Gasteiger partial charge < -0.3 is 29.0 Å². The first-order valence-corrected chi connectivity index (χ1v) is 11.5. The molecule has 0 fully saturated rings. The predicted molar refractivity (Wildman–Crippen MR) is 136 cm³/mol. The first kappa shape index (κ1) is 27.0. The van der Waals surface area contributed by atoms with Crippen LogP contribution in [0.1, 0.15) is 11.1 Å². The van der Waals surface area contributed by atoms with E-state index in [1.807, 2.05) is 6.07 Å². The molecule has 3 aromatic rings. The lowest BCUT2D eigenvalue weighted by Crippen LogP contribution is -2.36. The van der Waals surface area contributed by atoms with E-state index in [0.717, 1.165) is 5.56 Å². The molecule has 0 saturated heterocycles. The van der Waals surface area contributed by atoms with Gasteiger partial charge in [-0.05, 0) is 35.4 Å². The molecule has 0 saturated carbocycles. The van der Waals surface area contributed by atoms with E-state index in [9.17, 15) is 9.59 Å². The average Bonchev–Trinajstić information content (AvgIpc) is 2.88. The number of carbonyl (C=O) groups excluding carboxylic acids is 2. The molecule has 0 radical (unpaired) electrons. The molecular formula is C26H25Cl2NO7. The quantitative estimate of drug-likeness (QED) is 0.262. The highest BCUT2D eigenvalue weighted by molar-refractivity contribution is 6.39. The number of rotatable bonds is 11. The summed E-state index contributed by atoms with van der Waals surface area (Å²) in [5.74, 6) is -0.310. The maximum absolute atomic E-state index is 13.0. The Bertz CT molecular complexity index is 1160. The lowest BCUT2D eigenvalue weighted by Gasteiger charge is -2.21. The lowest BCUT2D eigenvalue weighted by atomic mass is 10.2. The molecule has 8 nitrogen and oxygen atoms in total. The lowest BCUT2D eigenvalue weighted by molar-refractivity contribution is -0.166. The third-order valence-electron chi connectivity index (χ3n) is 5.00. The van der Waals surface area contributed by atoms with Crippen molar-refractivity contribution < 1.29 is 33.3 Å². The van der Waals surface area contributed by atoms with Crippen LogP contribution in [0.15, 0.2) is 60.7 Å². The monoisotopic (exact) mass is 533 g/mol. The summed E-state index contributed by atoms with van der Waals surface area (Å²) >= 11 is 12.5. The van der Waals surface area contributed by atoms with Gasteiger partial charge in [0.15, 0.2) is 11.5 Å². The SMILES string of the molecule is COc1cc(COC(=O)C(Nc2c(Cl)cccc2Cl)OC(=O)Cc2ccccc2)cc(OC)c1OC. The Balaban J connectivity index is 1.79. The Kier molecular flexibility index (Phi) is 9.67. The van der Waals surface area contributed by atoms with Crippen molar-refractivity contribution in [1.82, 2.24) is 0 Å². The van der Waals surface area contributed by atoms with Crippen LogP contribution in [0.25, 0.3) is 0 Å². The largest absolute Gasteiger partial charge is 0.493 e. The summed E-state index contributed by atoms with van der Waals surface area (Å²) in [7, 11) is 4.44. The van der Waals surface area contributed by atoms with Crippen molar-refractivity contribution in [1.29, 1.82) is 0 Å². The molecule has 0 spiro atoms. The Morgan fingerprint density at radius 2 is 1.44 bits per heavy atom. The van der Waals surface area contributed by atoms with Gasteiger partial charge in [0.1, 0.15) is 6.61 Å². The number of para-hydroxylation sites is 1. The number of ether oxygens (including phenoxy) is 5. The predicted octanol–water partition coefficient (Wildman–Crippen LogP) is 5.29. The smallest absolute Gasteiger partial charge is 0.369 e. The van der Waals surface area contributed by atoms with Gasteiger partial charge in [-0.3, -0.25) is 4.79 Å². The van der Waals surface area contributed by atoms with E-state index in [2.05, 4.69) is 5.32 Å². The average molecular weight is 534 g/mol. The van der Waals surface area contributed by atoms with Gasteiger partial charge in [-0.1, -0.05) is 59.6 Å². The minimum absolute atomic E-state index is 0.0462. The van der Waals surface area contributed by atoms with Gasteiger partial charge in [0.2, 0.25) is 5.75 Å². The Morgan fingerprint density at radius 1 is 0.833 bits per heavy atom. The standard InChI is InChI=1S/C26H25Cl2NO7/c1-32-20-12-17(13-21(33-2)24(20)34-3)15-35-26(31)25(29-23-18(27)10-7-11-19(23)28)36-22(30)14-16-8-5-4-6-9-16/h4-13,25,29H,14-15H2,1-3H3. The zero-order valence-electron chi connectivity index (χ0n) is 19.9. The third-order valence-corrected chi connectivity index (χ3v) is 5.63. The zero-order valence-corrected chi connectivity index (χ0v) is 21.4. The van der Waals surface area contributed by atoms with Crippen molar-refractivity contribution in [2.45, 2.75) is 19.3 Å².